The number of carbonyl (C=O) groups is 1. The van der Waals surface area contributed by atoms with Crippen LogP contribution in [-0.2, 0) is 16.1 Å². The molecule has 102 valence electrons. The minimum absolute atomic E-state index is 0.548. The Labute approximate surface area is 113 Å². The van der Waals surface area contributed by atoms with E-state index in [1.54, 1.807) is 6.08 Å². The van der Waals surface area contributed by atoms with Crippen LogP contribution in [0.5, 0.6) is 0 Å². The Morgan fingerprint density at radius 3 is 2.84 bits per heavy atom. The Balaban J connectivity index is 1.82. The Morgan fingerprint density at radius 2 is 2.16 bits per heavy atom. The lowest BCUT2D eigenvalue weighted by Crippen LogP contribution is -2.13. The zero-order valence-electron chi connectivity index (χ0n) is 11.0. The standard InChI is InChI=1S/C16H20O3/c17-16(18)9-8-14-6-1-2-7-15(14)12-19-11-10-13-4-3-5-13/h1-2,6-9,13H,3-5,10-12H2,(H,17,18)/b9-8+. The SMILES string of the molecule is O=C(O)/C=C/c1ccccc1COCCC1CCC1. The summed E-state index contributed by atoms with van der Waals surface area (Å²) >= 11 is 0. The fraction of sp³-hybridized carbons (Fsp3) is 0.438. The topological polar surface area (TPSA) is 46.5 Å². The van der Waals surface area contributed by atoms with Crippen molar-refractivity contribution in [2.75, 3.05) is 6.61 Å². The monoisotopic (exact) mass is 260 g/mol. The molecule has 3 nitrogen and oxygen atoms in total. The largest absolute Gasteiger partial charge is 0.478 e. The molecule has 3 heteroatoms. The third-order valence-corrected chi connectivity index (χ3v) is 3.61. The van der Waals surface area contributed by atoms with Gasteiger partial charge in [-0.1, -0.05) is 43.5 Å². The van der Waals surface area contributed by atoms with Crippen LogP contribution in [0.2, 0.25) is 0 Å². The lowest BCUT2D eigenvalue weighted by atomic mass is 9.83. The highest BCUT2D eigenvalue weighted by molar-refractivity contribution is 5.85. The number of hydrogen-bond acceptors (Lipinski definition) is 2. The second kappa shape index (κ2) is 7.10. The quantitative estimate of drug-likeness (QED) is 0.603. The number of rotatable bonds is 7. The molecule has 1 fully saturated rings. The van der Waals surface area contributed by atoms with Gasteiger partial charge in [0.15, 0.2) is 0 Å². The molecule has 1 aliphatic rings. The van der Waals surface area contributed by atoms with Crippen molar-refractivity contribution in [1.82, 2.24) is 0 Å². The Bertz CT molecular complexity index is 447. The van der Waals surface area contributed by atoms with E-state index in [1.807, 2.05) is 24.3 Å². The molecule has 0 unspecified atom stereocenters. The lowest BCUT2D eigenvalue weighted by molar-refractivity contribution is -0.131. The normalized spacial score (nSPS) is 15.6. The Hall–Kier alpha value is -1.61. The fourth-order valence-corrected chi connectivity index (χ4v) is 2.20. The van der Waals surface area contributed by atoms with Gasteiger partial charge in [0, 0.05) is 12.7 Å². The van der Waals surface area contributed by atoms with E-state index in [4.69, 9.17) is 9.84 Å². The third-order valence-electron chi connectivity index (χ3n) is 3.61. The summed E-state index contributed by atoms with van der Waals surface area (Å²) in [7, 11) is 0. The zero-order valence-corrected chi connectivity index (χ0v) is 11.0. The van der Waals surface area contributed by atoms with E-state index in [-0.39, 0.29) is 0 Å². The van der Waals surface area contributed by atoms with Gasteiger partial charge in [-0.25, -0.2) is 4.79 Å². The molecule has 0 spiro atoms. The Kier molecular flexibility index (Phi) is 5.16. The number of hydrogen-bond donors (Lipinski definition) is 1. The highest BCUT2D eigenvalue weighted by atomic mass is 16.5. The van der Waals surface area contributed by atoms with Gasteiger partial charge in [0.2, 0.25) is 0 Å². The number of carboxylic acid groups (broad SMARTS) is 1. The number of ether oxygens (including phenoxy) is 1. The van der Waals surface area contributed by atoms with Gasteiger partial charge in [-0.2, -0.15) is 0 Å². The molecule has 1 saturated carbocycles. The van der Waals surface area contributed by atoms with Gasteiger partial charge < -0.3 is 9.84 Å². The van der Waals surface area contributed by atoms with Gasteiger partial charge in [0.05, 0.1) is 6.61 Å². The lowest BCUT2D eigenvalue weighted by Gasteiger charge is -2.24. The molecule has 0 bridgehead atoms. The molecule has 1 aliphatic carbocycles. The van der Waals surface area contributed by atoms with Crippen molar-refractivity contribution in [3.8, 4) is 0 Å². The van der Waals surface area contributed by atoms with Crippen LogP contribution in [0, 0.1) is 5.92 Å². The van der Waals surface area contributed by atoms with Crippen molar-refractivity contribution in [1.29, 1.82) is 0 Å². The predicted molar refractivity (Wildman–Crippen MR) is 74.7 cm³/mol. The minimum atomic E-state index is -0.930. The molecule has 0 amide bonds. The maximum Gasteiger partial charge on any atom is 0.328 e. The highest BCUT2D eigenvalue weighted by Crippen LogP contribution is 2.29. The van der Waals surface area contributed by atoms with E-state index < -0.39 is 5.97 Å². The molecule has 0 atom stereocenters. The molecular formula is C16H20O3. The van der Waals surface area contributed by atoms with Crippen molar-refractivity contribution < 1.29 is 14.6 Å². The molecule has 2 rings (SSSR count). The van der Waals surface area contributed by atoms with E-state index in [0.29, 0.717) is 6.61 Å². The average molecular weight is 260 g/mol. The first-order valence-electron chi connectivity index (χ1n) is 6.82. The molecule has 1 aromatic rings. The summed E-state index contributed by atoms with van der Waals surface area (Å²) in [6.07, 6.45) is 7.99. The van der Waals surface area contributed by atoms with Gasteiger partial charge >= 0.3 is 5.97 Å². The fourth-order valence-electron chi connectivity index (χ4n) is 2.20. The van der Waals surface area contributed by atoms with E-state index in [1.165, 1.54) is 19.3 Å². The van der Waals surface area contributed by atoms with Crippen molar-refractivity contribution in [2.45, 2.75) is 32.3 Å². The number of carboxylic acids is 1. The van der Waals surface area contributed by atoms with E-state index in [9.17, 15) is 4.79 Å². The van der Waals surface area contributed by atoms with E-state index >= 15 is 0 Å². The van der Waals surface area contributed by atoms with Crippen LogP contribution in [0.4, 0.5) is 0 Å². The van der Waals surface area contributed by atoms with Crippen molar-refractivity contribution in [3.05, 3.63) is 41.5 Å². The van der Waals surface area contributed by atoms with Gasteiger partial charge in [-0.15, -0.1) is 0 Å². The van der Waals surface area contributed by atoms with Crippen molar-refractivity contribution in [3.63, 3.8) is 0 Å². The van der Waals surface area contributed by atoms with Crippen LogP contribution in [0.1, 0.15) is 36.8 Å². The molecule has 0 aromatic heterocycles. The number of benzene rings is 1. The smallest absolute Gasteiger partial charge is 0.328 e. The first kappa shape index (κ1) is 13.8. The second-order valence-corrected chi connectivity index (χ2v) is 5.01. The van der Waals surface area contributed by atoms with Gasteiger partial charge in [0.1, 0.15) is 0 Å². The highest BCUT2D eigenvalue weighted by Gasteiger charge is 2.16. The molecule has 0 heterocycles. The molecule has 1 N–H and O–H groups in total. The average Bonchev–Trinajstić information content (AvgIpc) is 2.35. The van der Waals surface area contributed by atoms with Crippen LogP contribution in [0.25, 0.3) is 6.08 Å². The maximum absolute atomic E-state index is 10.5. The van der Waals surface area contributed by atoms with Crippen LogP contribution in [0.3, 0.4) is 0 Å². The molecule has 0 saturated heterocycles. The van der Waals surface area contributed by atoms with E-state index in [0.717, 1.165) is 36.1 Å². The summed E-state index contributed by atoms with van der Waals surface area (Å²) in [4.78, 5) is 10.5. The summed E-state index contributed by atoms with van der Waals surface area (Å²) in [6.45, 7) is 1.34. The molecule has 1 aromatic carbocycles. The van der Waals surface area contributed by atoms with Crippen molar-refractivity contribution in [2.24, 2.45) is 5.92 Å². The molecule has 0 aliphatic heterocycles. The molecule has 0 radical (unpaired) electrons. The first-order chi connectivity index (χ1) is 9.25. The number of aliphatic carboxylic acids is 1. The summed E-state index contributed by atoms with van der Waals surface area (Å²) in [5.74, 6) is -0.0668. The third kappa shape index (κ3) is 4.52. The van der Waals surface area contributed by atoms with Crippen LogP contribution in [-0.4, -0.2) is 17.7 Å². The van der Waals surface area contributed by atoms with Crippen molar-refractivity contribution >= 4 is 12.0 Å². The maximum atomic E-state index is 10.5. The summed E-state index contributed by atoms with van der Waals surface area (Å²) in [5.41, 5.74) is 1.95. The van der Waals surface area contributed by atoms with Crippen LogP contribution in [0.15, 0.2) is 30.3 Å². The van der Waals surface area contributed by atoms with Gasteiger partial charge in [-0.3, -0.25) is 0 Å². The molecule has 19 heavy (non-hydrogen) atoms. The molecular weight excluding hydrogens is 240 g/mol. The summed E-state index contributed by atoms with van der Waals surface area (Å²) in [5, 5.41) is 8.66. The first-order valence-corrected chi connectivity index (χ1v) is 6.82. The van der Waals surface area contributed by atoms with Gasteiger partial charge in [-0.05, 0) is 29.5 Å². The van der Waals surface area contributed by atoms with Crippen LogP contribution >= 0.6 is 0 Å². The summed E-state index contributed by atoms with van der Waals surface area (Å²) in [6, 6.07) is 7.73. The predicted octanol–water partition coefficient (Wildman–Crippen LogP) is 3.49. The van der Waals surface area contributed by atoms with Gasteiger partial charge in [0.25, 0.3) is 0 Å². The van der Waals surface area contributed by atoms with Crippen LogP contribution < -0.4 is 0 Å². The zero-order chi connectivity index (χ0) is 13.5. The van der Waals surface area contributed by atoms with E-state index in [2.05, 4.69) is 0 Å². The summed E-state index contributed by atoms with van der Waals surface area (Å²) < 4.78 is 5.69. The second-order valence-electron chi connectivity index (χ2n) is 5.01. The Morgan fingerprint density at radius 1 is 1.37 bits per heavy atom. The minimum Gasteiger partial charge on any atom is -0.478 e.